The number of hydrogen-bond acceptors (Lipinski definition) is 4. The van der Waals surface area contributed by atoms with E-state index in [0.29, 0.717) is 0 Å². The molecule has 0 N–H and O–H groups in total. The summed E-state index contributed by atoms with van der Waals surface area (Å²) in [7, 11) is -0.913. The molecule has 2 heterocycles. The van der Waals surface area contributed by atoms with Gasteiger partial charge in [-0.25, -0.2) is 0 Å². The molecular formula is C18H27B2BrO4. The fourth-order valence-corrected chi connectivity index (χ4v) is 3.28. The number of rotatable bonds is 2. The Balaban J connectivity index is 1.99. The summed E-state index contributed by atoms with van der Waals surface area (Å²) in [5, 5.41) is 0. The van der Waals surface area contributed by atoms with Crippen LogP contribution >= 0.6 is 15.9 Å². The van der Waals surface area contributed by atoms with Crippen molar-refractivity contribution in [2.45, 2.75) is 77.8 Å². The van der Waals surface area contributed by atoms with Gasteiger partial charge in [0.25, 0.3) is 0 Å². The molecule has 0 amide bonds. The summed E-state index contributed by atoms with van der Waals surface area (Å²) in [6.45, 7) is 16.4. The highest BCUT2D eigenvalue weighted by atomic mass is 79.9. The van der Waals surface area contributed by atoms with E-state index in [0.717, 1.165) is 15.4 Å². The van der Waals surface area contributed by atoms with E-state index >= 15 is 0 Å². The quantitative estimate of drug-likeness (QED) is 0.705. The molecule has 2 aliphatic heterocycles. The van der Waals surface area contributed by atoms with Crippen molar-refractivity contribution in [3.8, 4) is 0 Å². The summed E-state index contributed by atoms with van der Waals surface area (Å²) in [6, 6.07) is 6.05. The van der Waals surface area contributed by atoms with Crippen molar-refractivity contribution in [1.29, 1.82) is 0 Å². The van der Waals surface area contributed by atoms with Crippen molar-refractivity contribution in [1.82, 2.24) is 0 Å². The largest absolute Gasteiger partial charge is 0.494 e. The summed E-state index contributed by atoms with van der Waals surface area (Å²) in [4.78, 5) is 0. The lowest BCUT2D eigenvalue weighted by Gasteiger charge is -2.32. The van der Waals surface area contributed by atoms with E-state index in [4.69, 9.17) is 18.6 Å². The molecule has 2 aliphatic rings. The molecule has 1 aromatic carbocycles. The second-order valence-electron chi connectivity index (χ2n) is 8.95. The van der Waals surface area contributed by atoms with Crippen molar-refractivity contribution < 1.29 is 18.6 Å². The van der Waals surface area contributed by atoms with Crippen LogP contribution in [-0.2, 0) is 18.6 Å². The Bertz CT molecular complexity index is 656. The fraction of sp³-hybridized carbons (Fsp3) is 0.667. The van der Waals surface area contributed by atoms with Gasteiger partial charge in [0.15, 0.2) is 0 Å². The van der Waals surface area contributed by atoms with Gasteiger partial charge in [-0.05, 0) is 78.4 Å². The highest BCUT2D eigenvalue weighted by Crippen LogP contribution is 2.38. The summed E-state index contributed by atoms with van der Waals surface area (Å²) in [6.07, 6.45) is 0. The minimum absolute atomic E-state index is 0.391. The Kier molecular flexibility index (Phi) is 4.53. The van der Waals surface area contributed by atoms with E-state index in [-0.39, 0.29) is 0 Å². The normalized spacial score (nSPS) is 26.3. The Labute approximate surface area is 160 Å². The predicted octanol–water partition coefficient (Wildman–Crippen LogP) is 3.05. The Morgan fingerprint density at radius 1 is 0.640 bits per heavy atom. The smallest absolute Gasteiger partial charge is 0.399 e. The molecule has 0 aliphatic carbocycles. The molecule has 0 radical (unpaired) electrons. The average Bonchev–Trinajstić information content (AvgIpc) is 2.78. The maximum atomic E-state index is 6.26. The summed E-state index contributed by atoms with van der Waals surface area (Å²) in [5.74, 6) is 0. The zero-order valence-corrected chi connectivity index (χ0v) is 18.0. The topological polar surface area (TPSA) is 36.9 Å². The third-order valence-electron chi connectivity index (χ3n) is 6.06. The minimum atomic E-state index is -0.462. The first-order chi connectivity index (χ1) is 11.3. The molecule has 1 aromatic rings. The van der Waals surface area contributed by atoms with Crippen LogP contribution in [0.3, 0.4) is 0 Å². The van der Waals surface area contributed by atoms with Crippen molar-refractivity contribution >= 4 is 41.1 Å². The molecule has 0 bridgehead atoms. The van der Waals surface area contributed by atoms with Gasteiger partial charge in [-0.2, -0.15) is 0 Å². The molecule has 136 valence electrons. The molecule has 0 saturated carbocycles. The van der Waals surface area contributed by atoms with E-state index in [2.05, 4.69) is 71.3 Å². The van der Waals surface area contributed by atoms with Crippen LogP contribution in [-0.4, -0.2) is 36.6 Å². The van der Waals surface area contributed by atoms with Gasteiger partial charge in [-0.15, -0.1) is 0 Å². The maximum absolute atomic E-state index is 6.26. The van der Waals surface area contributed by atoms with Crippen LogP contribution in [0, 0.1) is 0 Å². The summed E-state index contributed by atoms with van der Waals surface area (Å²) in [5.41, 5.74) is 0.308. The highest BCUT2D eigenvalue weighted by molar-refractivity contribution is 9.10. The molecule has 2 saturated heterocycles. The van der Waals surface area contributed by atoms with Crippen molar-refractivity contribution in [2.75, 3.05) is 0 Å². The minimum Gasteiger partial charge on any atom is -0.399 e. The molecular weight excluding hydrogens is 382 g/mol. The van der Waals surface area contributed by atoms with Gasteiger partial charge in [0.1, 0.15) is 0 Å². The van der Waals surface area contributed by atoms with E-state index in [1.54, 1.807) is 0 Å². The Hall–Kier alpha value is -0.330. The highest BCUT2D eigenvalue weighted by Gasteiger charge is 2.56. The lowest BCUT2D eigenvalue weighted by Crippen LogP contribution is -2.51. The third kappa shape index (κ3) is 3.23. The van der Waals surface area contributed by atoms with Crippen LogP contribution in [0.15, 0.2) is 22.7 Å². The van der Waals surface area contributed by atoms with Crippen LogP contribution < -0.4 is 10.9 Å². The molecule has 0 spiro atoms. The number of hydrogen-bond donors (Lipinski definition) is 0. The monoisotopic (exact) mass is 408 g/mol. The summed E-state index contributed by atoms with van der Waals surface area (Å²) >= 11 is 3.56. The first-order valence-electron chi connectivity index (χ1n) is 8.76. The zero-order valence-electron chi connectivity index (χ0n) is 16.4. The van der Waals surface area contributed by atoms with E-state index in [1.165, 1.54) is 0 Å². The fourth-order valence-electron chi connectivity index (χ4n) is 2.90. The van der Waals surface area contributed by atoms with Crippen LogP contribution in [0.2, 0.25) is 0 Å². The second-order valence-corrected chi connectivity index (χ2v) is 9.87. The standard InChI is InChI=1S/C18H27B2BrO4/c1-15(2)16(3,4)23-19(22-15)13-10-9-12(21)11-14(13)20-24-17(5,6)18(7,8)25-20/h9-11H,1-8H3. The van der Waals surface area contributed by atoms with Gasteiger partial charge in [-0.1, -0.05) is 22.0 Å². The van der Waals surface area contributed by atoms with Crippen LogP contribution in [0.5, 0.6) is 0 Å². The molecule has 2 fully saturated rings. The van der Waals surface area contributed by atoms with Crippen molar-refractivity contribution in [3.05, 3.63) is 22.7 Å². The summed E-state index contributed by atoms with van der Waals surface area (Å²) < 4.78 is 26.0. The van der Waals surface area contributed by atoms with Crippen molar-refractivity contribution in [2.24, 2.45) is 0 Å². The van der Waals surface area contributed by atoms with Gasteiger partial charge in [0.05, 0.1) is 22.4 Å². The van der Waals surface area contributed by atoms with Gasteiger partial charge in [0, 0.05) is 4.47 Å². The average molecular weight is 409 g/mol. The van der Waals surface area contributed by atoms with Gasteiger partial charge >= 0.3 is 14.2 Å². The number of halogens is 1. The molecule has 4 nitrogen and oxygen atoms in total. The zero-order chi connectivity index (χ0) is 18.8. The third-order valence-corrected chi connectivity index (χ3v) is 6.56. The predicted molar refractivity (Wildman–Crippen MR) is 106 cm³/mol. The van der Waals surface area contributed by atoms with Crippen molar-refractivity contribution in [3.63, 3.8) is 0 Å². The van der Waals surface area contributed by atoms with Crippen LogP contribution in [0.1, 0.15) is 55.4 Å². The molecule has 0 unspecified atom stereocenters. The van der Waals surface area contributed by atoms with E-state index in [1.807, 2.05) is 18.2 Å². The van der Waals surface area contributed by atoms with Gasteiger partial charge in [-0.3, -0.25) is 0 Å². The van der Waals surface area contributed by atoms with Gasteiger partial charge < -0.3 is 18.6 Å². The molecule has 3 rings (SSSR count). The van der Waals surface area contributed by atoms with Crippen LogP contribution in [0.25, 0.3) is 0 Å². The van der Waals surface area contributed by atoms with E-state index in [9.17, 15) is 0 Å². The Morgan fingerprint density at radius 3 is 1.40 bits per heavy atom. The maximum Gasteiger partial charge on any atom is 0.494 e. The van der Waals surface area contributed by atoms with E-state index < -0.39 is 36.6 Å². The SMILES string of the molecule is CC1(C)OB(c2ccc(Br)cc2B2OC(C)(C)C(C)(C)O2)OC1(C)C. The lowest BCUT2D eigenvalue weighted by molar-refractivity contribution is 0.00578. The molecule has 0 atom stereocenters. The number of benzene rings is 1. The first-order valence-corrected chi connectivity index (χ1v) is 9.56. The Morgan fingerprint density at radius 2 is 1.00 bits per heavy atom. The molecule has 25 heavy (non-hydrogen) atoms. The lowest BCUT2D eigenvalue weighted by atomic mass is 9.65. The first kappa shape index (κ1) is 19.4. The molecule has 7 heteroatoms. The molecule has 0 aromatic heterocycles. The van der Waals surface area contributed by atoms with Crippen LogP contribution in [0.4, 0.5) is 0 Å². The second kappa shape index (κ2) is 5.83. The van der Waals surface area contributed by atoms with Gasteiger partial charge in [0.2, 0.25) is 0 Å².